The second kappa shape index (κ2) is 5.21. The first-order chi connectivity index (χ1) is 9.65. The summed E-state index contributed by atoms with van der Waals surface area (Å²) in [5.41, 5.74) is 9.23. The molecule has 1 aliphatic heterocycles. The number of benzene rings is 2. The molecule has 20 heavy (non-hydrogen) atoms. The number of para-hydroxylation sites is 1. The van der Waals surface area contributed by atoms with Crippen LogP contribution in [0, 0.1) is 11.6 Å². The van der Waals surface area contributed by atoms with Crippen molar-refractivity contribution >= 4 is 5.69 Å². The first-order valence-corrected chi connectivity index (χ1v) is 6.68. The SMILES string of the molecule is NC(CN1CCc2ccccc21)c1ccc(F)c(F)c1. The fourth-order valence-corrected chi connectivity index (χ4v) is 2.68. The van der Waals surface area contributed by atoms with Crippen LogP contribution >= 0.6 is 0 Å². The molecule has 2 nitrogen and oxygen atoms in total. The fourth-order valence-electron chi connectivity index (χ4n) is 2.68. The number of rotatable bonds is 3. The largest absolute Gasteiger partial charge is 0.369 e. The summed E-state index contributed by atoms with van der Waals surface area (Å²) in [6.45, 7) is 1.51. The Hall–Kier alpha value is -1.94. The first kappa shape index (κ1) is 13.1. The van der Waals surface area contributed by atoms with Gasteiger partial charge in [0, 0.05) is 24.8 Å². The van der Waals surface area contributed by atoms with E-state index >= 15 is 0 Å². The predicted molar refractivity (Wildman–Crippen MR) is 75.6 cm³/mol. The third kappa shape index (κ3) is 2.39. The molecular formula is C16H16F2N2. The molecule has 0 saturated heterocycles. The van der Waals surface area contributed by atoms with Gasteiger partial charge in [-0.3, -0.25) is 0 Å². The third-order valence-corrected chi connectivity index (χ3v) is 3.77. The highest BCUT2D eigenvalue weighted by Gasteiger charge is 2.21. The monoisotopic (exact) mass is 274 g/mol. The van der Waals surface area contributed by atoms with Crippen LogP contribution in [0.5, 0.6) is 0 Å². The lowest BCUT2D eigenvalue weighted by Crippen LogP contribution is -2.30. The highest BCUT2D eigenvalue weighted by atomic mass is 19.2. The molecule has 0 amide bonds. The maximum Gasteiger partial charge on any atom is 0.159 e. The molecule has 2 N–H and O–H groups in total. The molecule has 104 valence electrons. The van der Waals surface area contributed by atoms with Crippen LogP contribution in [0.25, 0.3) is 0 Å². The normalized spacial score (nSPS) is 15.2. The topological polar surface area (TPSA) is 29.3 Å². The minimum absolute atomic E-state index is 0.337. The van der Waals surface area contributed by atoms with Crippen LogP contribution in [0.3, 0.4) is 0 Å². The molecule has 1 aliphatic rings. The van der Waals surface area contributed by atoms with Crippen LogP contribution in [0.4, 0.5) is 14.5 Å². The Bertz CT molecular complexity index is 628. The summed E-state index contributed by atoms with van der Waals surface area (Å²) in [5.74, 6) is -1.69. The average Bonchev–Trinajstić information content (AvgIpc) is 2.85. The van der Waals surface area contributed by atoms with Crippen molar-refractivity contribution in [1.82, 2.24) is 0 Å². The zero-order valence-corrected chi connectivity index (χ0v) is 11.0. The predicted octanol–water partition coefficient (Wildman–Crippen LogP) is 3.03. The van der Waals surface area contributed by atoms with Crippen molar-refractivity contribution in [2.24, 2.45) is 5.73 Å². The zero-order valence-electron chi connectivity index (χ0n) is 11.0. The number of anilines is 1. The maximum absolute atomic E-state index is 13.2. The first-order valence-electron chi connectivity index (χ1n) is 6.68. The molecule has 4 heteroatoms. The van der Waals surface area contributed by atoms with Gasteiger partial charge in [-0.2, -0.15) is 0 Å². The second-order valence-corrected chi connectivity index (χ2v) is 5.10. The van der Waals surface area contributed by atoms with Crippen molar-refractivity contribution in [2.45, 2.75) is 12.5 Å². The third-order valence-electron chi connectivity index (χ3n) is 3.77. The number of nitrogens with two attached hydrogens (primary N) is 1. The van der Waals surface area contributed by atoms with E-state index in [4.69, 9.17) is 5.73 Å². The molecule has 0 aliphatic carbocycles. The Balaban J connectivity index is 1.77. The molecule has 0 fully saturated rings. The van der Waals surface area contributed by atoms with E-state index in [1.807, 2.05) is 12.1 Å². The van der Waals surface area contributed by atoms with E-state index in [9.17, 15) is 8.78 Å². The van der Waals surface area contributed by atoms with E-state index in [1.165, 1.54) is 17.3 Å². The van der Waals surface area contributed by atoms with Gasteiger partial charge in [-0.1, -0.05) is 24.3 Å². The highest BCUT2D eigenvalue weighted by Crippen LogP contribution is 2.29. The molecule has 3 rings (SSSR count). The number of halogens is 2. The Morgan fingerprint density at radius 1 is 1.10 bits per heavy atom. The standard InChI is InChI=1S/C16H16F2N2/c17-13-6-5-12(9-14(13)18)15(19)10-20-8-7-11-3-1-2-4-16(11)20/h1-6,9,15H,7-8,10,19H2. The van der Waals surface area contributed by atoms with E-state index < -0.39 is 11.6 Å². The van der Waals surface area contributed by atoms with Crippen LogP contribution in [-0.4, -0.2) is 13.1 Å². The van der Waals surface area contributed by atoms with Crippen molar-refractivity contribution in [1.29, 1.82) is 0 Å². The van der Waals surface area contributed by atoms with Crippen LogP contribution in [0.15, 0.2) is 42.5 Å². The summed E-state index contributed by atoms with van der Waals surface area (Å²) in [6.07, 6.45) is 1.00. The maximum atomic E-state index is 13.2. The lowest BCUT2D eigenvalue weighted by molar-refractivity contribution is 0.505. The second-order valence-electron chi connectivity index (χ2n) is 5.10. The van der Waals surface area contributed by atoms with Crippen LogP contribution in [-0.2, 0) is 6.42 Å². The molecule has 0 bridgehead atoms. The smallest absolute Gasteiger partial charge is 0.159 e. The fraction of sp³-hybridized carbons (Fsp3) is 0.250. The van der Waals surface area contributed by atoms with Crippen molar-refractivity contribution < 1.29 is 8.78 Å². The molecule has 0 saturated carbocycles. The molecule has 0 spiro atoms. The summed E-state index contributed by atoms with van der Waals surface area (Å²) < 4.78 is 26.2. The van der Waals surface area contributed by atoms with Gasteiger partial charge in [0.25, 0.3) is 0 Å². The summed E-state index contributed by atoms with van der Waals surface area (Å²) in [7, 11) is 0. The lowest BCUT2D eigenvalue weighted by Gasteiger charge is -2.24. The van der Waals surface area contributed by atoms with Gasteiger partial charge in [0.05, 0.1) is 0 Å². The van der Waals surface area contributed by atoms with Gasteiger partial charge in [0.2, 0.25) is 0 Å². The van der Waals surface area contributed by atoms with E-state index in [1.54, 1.807) is 6.07 Å². The lowest BCUT2D eigenvalue weighted by atomic mass is 10.1. The van der Waals surface area contributed by atoms with Crippen molar-refractivity contribution in [3.05, 3.63) is 65.2 Å². The average molecular weight is 274 g/mol. The zero-order chi connectivity index (χ0) is 14.1. The molecule has 1 heterocycles. The van der Waals surface area contributed by atoms with E-state index in [0.29, 0.717) is 12.1 Å². The molecular weight excluding hydrogens is 258 g/mol. The van der Waals surface area contributed by atoms with Crippen LogP contribution in [0.1, 0.15) is 17.2 Å². The number of nitrogens with zero attached hydrogens (tertiary/aromatic N) is 1. The van der Waals surface area contributed by atoms with Crippen LogP contribution in [0.2, 0.25) is 0 Å². The number of fused-ring (bicyclic) bond motifs is 1. The molecule has 2 aromatic carbocycles. The Morgan fingerprint density at radius 3 is 2.70 bits per heavy atom. The number of hydrogen-bond acceptors (Lipinski definition) is 2. The minimum atomic E-state index is -0.847. The van der Waals surface area contributed by atoms with Crippen LogP contribution < -0.4 is 10.6 Å². The van der Waals surface area contributed by atoms with Gasteiger partial charge in [0.15, 0.2) is 11.6 Å². The quantitative estimate of drug-likeness (QED) is 0.932. The van der Waals surface area contributed by atoms with Gasteiger partial charge in [-0.15, -0.1) is 0 Å². The van der Waals surface area contributed by atoms with Crippen molar-refractivity contribution in [3.8, 4) is 0 Å². The van der Waals surface area contributed by atoms with E-state index in [0.717, 1.165) is 19.0 Å². The van der Waals surface area contributed by atoms with Crippen molar-refractivity contribution in [3.63, 3.8) is 0 Å². The van der Waals surface area contributed by atoms with Gasteiger partial charge in [-0.05, 0) is 35.7 Å². The summed E-state index contributed by atoms with van der Waals surface area (Å²) in [4.78, 5) is 2.20. The minimum Gasteiger partial charge on any atom is -0.369 e. The van der Waals surface area contributed by atoms with E-state index in [2.05, 4.69) is 17.0 Å². The van der Waals surface area contributed by atoms with Crippen molar-refractivity contribution in [2.75, 3.05) is 18.0 Å². The Morgan fingerprint density at radius 2 is 1.90 bits per heavy atom. The molecule has 2 aromatic rings. The molecule has 1 atom stereocenters. The van der Waals surface area contributed by atoms with Gasteiger partial charge in [-0.25, -0.2) is 8.78 Å². The number of hydrogen-bond donors (Lipinski definition) is 1. The summed E-state index contributed by atoms with van der Waals surface area (Å²) >= 11 is 0. The summed E-state index contributed by atoms with van der Waals surface area (Å²) in [5, 5.41) is 0. The Labute approximate surface area is 116 Å². The molecule has 1 unspecified atom stereocenters. The Kier molecular flexibility index (Phi) is 3.40. The van der Waals surface area contributed by atoms with Gasteiger partial charge < -0.3 is 10.6 Å². The van der Waals surface area contributed by atoms with Gasteiger partial charge in [0.1, 0.15) is 0 Å². The highest BCUT2D eigenvalue weighted by molar-refractivity contribution is 5.58. The van der Waals surface area contributed by atoms with Gasteiger partial charge >= 0.3 is 0 Å². The molecule has 0 radical (unpaired) electrons. The molecule has 0 aromatic heterocycles. The summed E-state index contributed by atoms with van der Waals surface area (Å²) in [6, 6.07) is 11.7. The van der Waals surface area contributed by atoms with E-state index in [-0.39, 0.29) is 6.04 Å².